The van der Waals surface area contributed by atoms with Gasteiger partial charge in [0.15, 0.2) is 0 Å². The molecular weight excluding hydrogens is 462 g/mol. The third kappa shape index (κ3) is 5.69. The Hall–Kier alpha value is -2.56. The molecule has 2 amide bonds. The SMILES string of the molecule is COc1cccc(CNS(=O)(=O)c2ccc3c(c2)NC(=O)C(CC(=O)N2CCCC2)CS3)c1. The average molecular weight is 490 g/mol. The Morgan fingerprint density at radius 1 is 1.21 bits per heavy atom. The van der Waals surface area contributed by atoms with Crippen LogP contribution in [-0.4, -0.2) is 51.1 Å². The van der Waals surface area contributed by atoms with E-state index in [1.54, 1.807) is 31.4 Å². The van der Waals surface area contributed by atoms with E-state index in [2.05, 4.69) is 10.0 Å². The number of fused-ring (bicyclic) bond motifs is 1. The highest BCUT2D eigenvalue weighted by Gasteiger charge is 2.30. The van der Waals surface area contributed by atoms with Gasteiger partial charge in [-0.1, -0.05) is 12.1 Å². The van der Waals surface area contributed by atoms with E-state index in [9.17, 15) is 18.0 Å². The molecule has 2 aliphatic rings. The summed E-state index contributed by atoms with van der Waals surface area (Å²) in [4.78, 5) is 28.0. The average Bonchev–Trinajstić information content (AvgIpc) is 3.31. The van der Waals surface area contributed by atoms with Crippen molar-refractivity contribution < 1.29 is 22.7 Å². The van der Waals surface area contributed by atoms with Crippen LogP contribution in [0.5, 0.6) is 5.75 Å². The van der Waals surface area contributed by atoms with E-state index in [1.165, 1.54) is 23.9 Å². The van der Waals surface area contributed by atoms with Crippen molar-refractivity contribution in [2.75, 3.05) is 31.3 Å². The maximum atomic E-state index is 12.9. The minimum absolute atomic E-state index is 0.00390. The largest absolute Gasteiger partial charge is 0.497 e. The maximum absolute atomic E-state index is 12.9. The summed E-state index contributed by atoms with van der Waals surface area (Å²) in [5.41, 5.74) is 1.22. The number of thioether (sulfide) groups is 1. The quantitative estimate of drug-likeness (QED) is 0.620. The van der Waals surface area contributed by atoms with Crippen LogP contribution in [0.2, 0.25) is 0 Å². The first kappa shape index (κ1) is 23.6. The Labute approximate surface area is 198 Å². The lowest BCUT2D eigenvalue weighted by Gasteiger charge is -2.18. The molecule has 33 heavy (non-hydrogen) atoms. The molecule has 2 heterocycles. The standard InChI is InChI=1S/C23H27N3O5S2/c1-31-18-6-4-5-16(11-18)14-24-33(29,30)19-7-8-21-20(13-19)25-23(28)17(15-32-21)12-22(27)26-9-2-3-10-26/h4-8,11,13,17,24H,2-3,9-10,12,14-15H2,1H3,(H,25,28). The van der Waals surface area contributed by atoms with E-state index in [0.29, 0.717) is 17.2 Å². The Morgan fingerprint density at radius 3 is 2.76 bits per heavy atom. The molecular formula is C23H27N3O5S2. The summed E-state index contributed by atoms with van der Waals surface area (Å²) >= 11 is 1.46. The van der Waals surface area contributed by atoms with Crippen LogP contribution < -0.4 is 14.8 Å². The van der Waals surface area contributed by atoms with Crippen molar-refractivity contribution >= 4 is 39.3 Å². The van der Waals surface area contributed by atoms with Crippen LogP contribution in [0.4, 0.5) is 5.69 Å². The smallest absolute Gasteiger partial charge is 0.240 e. The topological polar surface area (TPSA) is 105 Å². The molecule has 10 heteroatoms. The van der Waals surface area contributed by atoms with E-state index in [4.69, 9.17) is 4.74 Å². The van der Waals surface area contributed by atoms with Crippen LogP contribution in [0.15, 0.2) is 52.3 Å². The monoisotopic (exact) mass is 489 g/mol. The molecule has 0 saturated carbocycles. The Balaban J connectivity index is 1.44. The van der Waals surface area contributed by atoms with E-state index < -0.39 is 15.9 Å². The molecule has 1 unspecified atom stereocenters. The fraction of sp³-hybridized carbons (Fsp3) is 0.391. The van der Waals surface area contributed by atoms with Crippen LogP contribution in [-0.2, 0) is 26.2 Å². The normalized spacial score (nSPS) is 18.4. The number of anilines is 1. The highest BCUT2D eigenvalue weighted by molar-refractivity contribution is 7.99. The van der Waals surface area contributed by atoms with Crippen molar-refractivity contribution in [3.05, 3.63) is 48.0 Å². The van der Waals surface area contributed by atoms with E-state index in [-0.39, 0.29) is 29.7 Å². The minimum atomic E-state index is -3.80. The van der Waals surface area contributed by atoms with Gasteiger partial charge in [0.2, 0.25) is 21.8 Å². The summed E-state index contributed by atoms with van der Waals surface area (Å²) in [6.45, 7) is 1.62. The number of hydrogen-bond acceptors (Lipinski definition) is 6. The van der Waals surface area contributed by atoms with Gasteiger partial charge in [0.1, 0.15) is 5.75 Å². The van der Waals surface area contributed by atoms with Gasteiger partial charge in [-0.25, -0.2) is 13.1 Å². The van der Waals surface area contributed by atoms with Crippen molar-refractivity contribution in [1.29, 1.82) is 0 Å². The Morgan fingerprint density at radius 2 is 2.00 bits per heavy atom. The van der Waals surface area contributed by atoms with Gasteiger partial charge in [-0.2, -0.15) is 0 Å². The van der Waals surface area contributed by atoms with Gasteiger partial charge in [-0.15, -0.1) is 11.8 Å². The summed E-state index contributed by atoms with van der Waals surface area (Å²) in [6, 6.07) is 11.9. The van der Waals surface area contributed by atoms with Crippen molar-refractivity contribution in [2.24, 2.45) is 5.92 Å². The molecule has 1 saturated heterocycles. The van der Waals surface area contributed by atoms with Crippen molar-refractivity contribution in [3.63, 3.8) is 0 Å². The molecule has 2 aromatic rings. The molecule has 0 bridgehead atoms. The third-order valence-corrected chi connectivity index (χ3v) is 8.45. The number of amides is 2. The van der Waals surface area contributed by atoms with E-state index >= 15 is 0 Å². The zero-order chi connectivity index (χ0) is 23.4. The molecule has 0 aromatic heterocycles. The lowest BCUT2D eigenvalue weighted by molar-refractivity contribution is -0.133. The number of ether oxygens (including phenoxy) is 1. The minimum Gasteiger partial charge on any atom is -0.497 e. The van der Waals surface area contributed by atoms with E-state index in [1.807, 2.05) is 11.0 Å². The molecule has 0 aliphatic carbocycles. The first-order valence-corrected chi connectivity index (χ1v) is 13.3. The highest BCUT2D eigenvalue weighted by Crippen LogP contribution is 2.35. The number of sulfonamides is 1. The number of rotatable bonds is 7. The molecule has 2 aromatic carbocycles. The summed E-state index contributed by atoms with van der Waals surface area (Å²) in [7, 11) is -2.24. The van der Waals surface area contributed by atoms with Gasteiger partial charge in [-0.05, 0) is 48.7 Å². The van der Waals surface area contributed by atoms with Gasteiger partial charge < -0.3 is 15.0 Å². The van der Waals surface area contributed by atoms with Crippen LogP contribution in [0.1, 0.15) is 24.8 Å². The van der Waals surface area contributed by atoms with Gasteiger partial charge in [0.05, 0.1) is 23.6 Å². The molecule has 0 radical (unpaired) electrons. The zero-order valence-corrected chi connectivity index (χ0v) is 20.0. The molecule has 0 spiro atoms. The fourth-order valence-electron chi connectivity index (χ4n) is 3.90. The number of carbonyl (C=O) groups is 2. The number of benzene rings is 2. The van der Waals surface area contributed by atoms with Gasteiger partial charge >= 0.3 is 0 Å². The van der Waals surface area contributed by atoms with E-state index in [0.717, 1.165) is 36.4 Å². The van der Waals surface area contributed by atoms with Gasteiger partial charge in [-0.3, -0.25) is 9.59 Å². The fourth-order valence-corrected chi connectivity index (χ4v) is 6.03. The highest BCUT2D eigenvalue weighted by atomic mass is 32.2. The number of carbonyl (C=O) groups excluding carboxylic acids is 2. The number of hydrogen-bond donors (Lipinski definition) is 2. The lowest BCUT2D eigenvalue weighted by Crippen LogP contribution is -2.33. The number of methoxy groups -OCH3 is 1. The first-order valence-electron chi connectivity index (χ1n) is 10.8. The van der Waals surface area contributed by atoms with Crippen LogP contribution in [0.25, 0.3) is 0 Å². The van der Waals surface area contributed by atoms with Gasteiger partial charge in [0, 0.05) is 36.7 Å². The molecule has 2 aliphatic heterocycles. The van der Waals surface area contributed by atoms with Crippen LogP contribution >= 0.6 is 11.8 Å². The molecule has 176 valence electrons. The molecule has 2 N–H and O–H groups in total. The summed E-state index contributed by atoms with van der Waals surface area (Å²) < 4.78 is 33.5. The second-order valence-electron chi connectivity index (χ2n) is 8.12. The second kappa shape index (κ2) is 10.1. The number of likely N-dealkylation sites (tertiary alicyclic amines) is 1. The van der Waals surface area contributed by atoms with Crippen molar-refractivity contribution in [3.8, 4) is 5.75 Å². The second-order valence-corrected chi connectivity index (χ2v) is 11.0. The Bertz CT molecular complexity index is 1150. The molecule has 1 fully saturated rings. The van der Waals surface area contributed by atoms with Crippen LogP contribution in [0, 0.1) is 5.92 Å². The Kier molecular flexibility index (Phi) is 7.26. The predicted octanol–water partition coefficient (Wildman–Crippen LogP) is 2.85. The lowest BCUT2D eigenvalue weighted by atomic mass is 10.1. The molecule has 4 rings (SSSR count). The molecule has 8 nitrogen and oxygen atoms in total. The van der Waals surface area contributed by atoms with Crippen molar-refractivity contribution in [1.82, 2.24) is 9.62 Å². The zero-order valence-electron chi connectivity index (χ0n) is 18.4. The van der Waals surface area contributed by atoms with Gasteiger partial charge in [0.25, 0.3) is 0 Å². The third-order valence-electron chi connectivity index (χ3n) is 5.81. The number of nitrogens with one attached hydrogen (secondary N) is 2. The first-order chi connectivity index (χ1) is 15.9. The maximum Gasteiger partial charge on any atom is 0.240 e. The number of nitrogens with zero attached hydrogens (tertiary/aromatic N) is 1. The summed E-state index contributed by atoms with van der Waals surface area (Å²) in [6.07, 6.45) is 2.18. The summed E-state index contributed by atoms with van der Waals surface area (Å²) in [5.74, 6) is 0.409. The van der Waals surface area contributed by atoms with Crippen LogP contribution in [0.3, 0.4) is 0 Å². The molecule has 1 atom stereocenters. The predicted molar refractivity (Wildman–Crippen MR) is 127 cm³/mol. The summed E-state index contributed by atoms with van der Waals surface area (Å²) in [5, 5.41) is 2.83. The van der Waals surface area contributed by atoms with Crippen molar-refractivity contribution in [2.45, 2.75) is 35.6 Å².